The Bertz CT molecular complexity index is 701. The Morgan fingerprint density at radius 2 is 2.11 bits per heavy atom. The van der Waals surface area contributed by atoms with Crippen molar-refractivity contribution in [1.29, 1.82) is 0 Å². The number of thiophene rings is 1. The molecule has 2 aromatic heterocycles. The third-order valence-electron chi connectivity index (χ3n) is 2.76. The summed E-state index contributed by atoms with van der Waals surface area (Å²) < 4.78 is 24.6. The van der Waals surface area contributed by atoms with Gasteiger partial charge in [-0.25, -0.2) is 8.42 Å². The number of nitrogens with zero attached hydrogens (tertiary/aromatic N) is 3. The minimum atomic E-state index is -3.85. The molecule has 0 aromatic carbocycles. The van der Waals surface area contributed by atoms with E-state index in [1.165, 1.54) is 0 Å². The van der Waals surface area contributed by atoms with Gasteiger partial charge >= 0.3 is 0 Å². The number of hydrogen-bond donors (Lipinski definition) is 0. The van der Waals surface area contributed by atoms with Crippen molar-refractivity contribution in [3.8, 4) is 10.7 Å². The molecule has 0 aliphatic heterocycles. The van der Waals surface area contributed by atoms with Crippen molar-refractivity contribution in [3.63, 3.8) is 0 Å². The summed E-state index contributed by atoms with van der Waals surface area (Å²) in [5.41, 5.74) is 0. The Balaban J connectivity index is 2.19. The summed E-state index contributed by atoms with van der Waals surface area (Å²) in [7, 11) is 1.54. The highest BCUT2D eigenvalue weighted by atomic mass is 35.7. The molecule has 1 aliphatic rings. The highest BCUT2D eigenvalue weighted by Crippen LogP contribution is 2.41. The first-order valence-corrected chi connectivity index (χ1v) is 8.56. The topological polar surface area (TPSA) is 64.8 Å². The van der Waals surface area contributed by atoms with Crippen LogP contribution in [0.15, 0.2) is 17.3 Å². The second-order valence-electron chi connectivity index (χ2n) is 4.26. The van der Waals surface area contributed by atoms with Crippen LogP contribution in [0.4, 0.5) is 0 Å². The van der Waals surface area contributed by atoms with E-state index in [4.69, 9.17) is 10.7 Å². The largest absolute Gasteiger partial charge is 0.296 e. The van der Waals surface area contributed by atoms with Crippen molar-refractivity contribution in [3.05, 3.63) is 17.0 Å². The van der Waals surface area contributed by atoms with E-state index in [-0.39, 0.29) is 11.2 Å². The first-order valence-electron chi connectivity index (χ1n) is 5.43. The van der Waals surface area contributed by atoms with Gasteiger partial charge in [0.25, 0.3) is 14.2 Å². The van der Waals surface area contributed by atoms with Gasteiger partial charge in [-0.05, 0) is 31.9 Å². The lowest BCUT2D eigenvalue weighted by atomic mass is 10.4. The molecule has 18 heavy (non-hydrogen) atoms. The first kappa shape index (κ1) is 12.1. The van der Waals surface area contributed by atoms with Crippen LogP contribution in [0.2, 0.25) is 0 Å². The summed E-state index contributed by atoms with van der Waals surface area (Å²) in [5.74, 6) is 0.592. The molecule has 1 aliphatic carbocycles. The number of rotatable bonds is 3. The van der Waals surface area contributed by atoms with Gasteiger partial charge in [-0.3, -0.25) is 4.57 Å². The van der Waals surface area contributed by atoms with Gasteiger partial charge in [0, 0.05) is 21.6 Å². The maximum absolute atomic E-state index is 11.5. The molecule has 0 saturated heterocycles. The second kappa shape index (κ2) is 4.04. The molecule has 3 rings (SSSR count). The molecule has 2 heterocycles. The molecule has 96 valence electrons. The molecule has 0 radical (unpaired) electrons. The molecule has 5 nitrogen and oxygen atoms in total. The molecule has 0 unspecified atom stereocenters. The Kier molecular flexibility index (Phi) is 2.72. The van der Waals surface area contributed by atoms with E-state index in [0.29, 0.717) is 5.82 Å². The van der Waals surface area contributed by atoms with Gasteiger partial charge < -0.3 is 0 Å². The minimum Gasteiger partial charge on any atom is -0.293 e. The van der Waals surface area contributed by atoms with Crippen LogP contribution in [-0.4, -0.2) is 23.2 Å². The number of aryl methyl sites for hydroxylation is 1. The van der Waals surface area contributed by atoms with Crippen molar-refractivity contribution < 1.29 is 8.42 Å². The third-order valence-corrected chi connectivity index (χ3v) is 4.88. The monoisotopic (exact) mass is 303 g/mol. The van der Waals surface area contributed by atoms with E-state index in [2.05, 4.69) is 10.2 Å². The van der Waals surface area contributed by atoms with E-state index >= 15 is 0 Å². The van der Waals surface area contributed by atoms with Crippen LogP contribution >= 0.6 is 22.0 Å². The average molecular weight is 304 g/mol. The average Bonchev–Trinajstić information content (AvgIpc) is 2.85. The lowest BCUT2D eigenvalue weighted by Crippen LogP contribution is -2.05. The molecular formula is C10H10ClN3O2S2. The van der Waals surface area contributed by atoms with Crippen molar-refractivity contribution in [2.24, 2.45) is 0 Å². The number of hydrogen-bond acceptors (Lipinski definition) is 5. The van der Waals surface area contributed by atoms with Crippen LogP contribution in [0.1, 0.15) is 23.8 Å². The summed E-state index contributed by atoms with van der Waals surface area (Å²) in [6.07, 6.45) is 1.88. The molecule has 1 saturated carbocycles. The predicted octanol–water partition coefficient (Wildman–Crippen LogP) is 2.58. The van der Waals surface area contributed by atoms with Crippen molar-refractivity contribution >= 4 is 31.1 Å². The van der Waals surface area contributed by atoms with E-state index < -0.39 is 9.05 Å². The Morgan fingerprint density at radius 3 is 2.61 bits per heavy atom. The Hall–Kier alpha value is -0.920. The maximum atomic E-state index is 11.5. The summed E-state index contributed by atoms with van der Waals surface area (Å²) >= 11 is 1.56. The van der Waals surface area contributed by atoms with E-state index in [1.54, 1.807) is 15.9 Å². The van der Waals surface area contributed by atoms with Crippen molar-refractivity contribution in [1.82, 2.24) is 14.8 Å². The quantitative estimate of drug-likeness (QED) is 0.818. The summed E-state index contributed by atoms with van der Waals surface area (Å²) in [4.78, 5) is 2.06. The summed E-state index contributed by atoms with van der Waals surface area (Å²) in [6.45, 7) is 1.99. The second-order valence-corrected chi connectivity index (χ2v) is 8.00. The van der Waals surface area contributed by atoms with Crippen LogP contribution in [0.3, 0.4) is 0 Å². The predicted molar refractivity (Wildman–Crippen MR) is 69.4 cm³/mol. The van der Waals surface area contributed by atoms with Gasteiger partial charge in [0.1, 0.15) is 0 Å². The molecule has 8 heteroatoms. The van der Waals surface area contributed by atoms with Gasteiger partial charge in [-0.2, -0.15) is 0 Å². The van der Waals surface area contributed by atoms with Gasteiger partial charge in [0.2, 0.25) is 0 Å². The zero-order valence-corrected chi connectivity index (χ0v) is 11.9. The summed E-state index contributed by atoms with van der Waals surface area (Å²) in [6, 6.07) is 4.05. The molecule has 0 N–H and O–H groups in total. The fourth-order valence-electron chi connectivity index (χ4n) is 1.83. The van der Waals surface area contributed by atoms with Crippen LogP contribution in [-0.2, 0) is 9.05 Å². The highest BCUT2D eigenvalue weighted by molar-refractivity contribution is 8.13. The smallest absolute Gasteiger partial charge is 0.293 e. The number of halogens is 1. The normalized spacial score (nSPS) is 16.1. The van der Waals surface area contributed by atoms with Gasteiger partial charge in [0.15, 0.2) is 5.82 Å². The minimum absolute atomic E-state index is 0.146. The van der Waals surface area contributed by atoms with E-state index in [9.17, 15) is 8.42 Å². The standard InChI is InChI=1S/C10H10ClN3O2S2/c1-6-2-5-8(17-6)9-12-13-10(18(11,15)16)14(9)7-3-4-7/h2,5,7H,3-4H2,1H3. The Labute approximate surface area is 113 Å². The van der Waals surface area contributed by atoms with Gasteiger partial charge in [0.05, 0.1) is 4.88 Å². The lowest BCUT2D eigenvalue weighted by Gasteiger charge is -2.05. The van der Waals surface area contributed by atoms with Crippen molar-refractivity contribution in [2.75, 3.05) is 0 Å². The maximum Gasteiger partial charge on any atom is 0.296 e. The summed E-state index contributed by atoms with van der Waals surface area (Å²) in [5, 5.41) is 7.58. The van der Waals surface area contributed by atoms with Crippen molar-refractivity contribution in [2.45, 2.75) is 31.0 Å². The van der Waals surface area contributed by atoms with Gasteiger partial charge in [-0.1, -0.05) is 0 Å². The fraction of sp³-hybridized carbons (Fsp3) is 0.400. The van der Waals surface area contributed by atoms with Gasteiger partial charge in [-0.15, -0.1) is 21.5 Å². The van der Waals surface area contributed by atoms with Crippen LogP contribution < -0.4 is 0 Å². The zero-order valence-electron chi connectivity index (χ0n) is 9.50. The zero-order chi connectivity index (χ0) is 12.9. The first-order chi connectivity index (χ1) is 8.47. The van der Waals surface area contributed by atoms with E-state index in [0.717, 1.165) is 22.6 Å². The molecule has 1 fully saturated rings. The molecule has 0 spiro atoms. The SMILES string of the molecule is Cc1ccc(-c2nnc(S(=O)(=O)Cl)n2C2CC2)s1. The van der Waals surface area contributed by atoms with Crippen LogP contribution in [0, 0.1) is 6.92 Å². The third kappa shape index (κ3) is 2.06. The molecule has 0 amide bonds. The van der Waals surface area contributed by atoms with Crippen LogP contribution in [0.25, 0.3) is 10.7 Å². The number of aromatic nitrogens is 3. The molecule has 0 bridgehead atoms. The molecular weight excluding hydrogens is 294 g/mol. The Morgan fingerprint density at radius 1 is 1.39 bits per heavy atom. The highest BCUT2D eigenvalue weighted by Gasteiger charge is 2.34. The van der Waals surface area contributed by atoms with E-state index in [1.807, 2.05) is 19.1 Å². The molecule has 0 atom stereocenters. The molecule has 2 aromatic rings. The lowest BCUT2D eigenvalue weighted by molar-refractivity contribution is 0.579. The van der Waals surface area contributed by atoms with Crippen LogP contribution in [0.5, 0.6) is 0 Å². The fourth-order valence-corrected chi connectivity index (χ4v) is 3.60.